The van der Waals surface area contributed by atoms with Crippen molar-refractivity contribution in [3.8, 4) is 0 Å². The van der Waals surface area contributed by atoms with Crippen LogP contribution in [0.1, 0.15) is 6.92 Å². The molecule has 1 N–H and O–H groups in total. The van der Waals surface area contributed by atoms with Gasteiger partial charge in [-0.1, -0.05) is 6.08 Å². The molecule has 122 valence electrons. The van der Waals surface area contributed by atoms with E-state index in [-0.39, 0.29) is 0 Å². The number of hydrogen-bond donors (Lipinski definition) is 1. The van der Waals surface area contributed by atoms with Crippen LogP contribution in [0, 0.1) is 0 Å². The number of hydrogen-bond acceptors (Lipinski definition) is 6. The van der Waals surface area contributed by atoms with Gasteiger partial charge in [0, 0.05) is 34.9 Å². The Bertz CT molecular complexity index is 449. The van der Waals surface area contributed by atoms with Crippen molar-refractivity contribution in [2.75, 3.05) is 34.9 Å². The largest absolute Gasteiger partial charge is 0.433 e. The number of amides is 2. The lowest BCUT2D eigenvalue weighted by molar-refractivity contribution is -0.153. The molecule has 8 nitrogen and oxygen atoms in total. The van der Waals surface area contributed by atoms with E-state index in [0.717, 1.165) is 22.7 Å². The fourth-order valence-electron chi connectivity index (χ4n) is 1.29. The number of aliphatic hydroxyl groups excluding tert-OH is 1. The molecular weight excluding hydrogens is 299 g/mol. The smallest absolute Gasteiger partial charge is 0.376 e. The molecule has 0 aromatic rings. The molecule has 1 unspecified atom stereocenters. The second kappa shape index (κ2) is 8.17. The van der Waals surface area contributed by atoms with Crippen LogP contribution in [0.15, 0.2) is 12.3 Å². The molecule has 0 aliphatic rings. The zero-order chi connectivity index (χ0) is 16.8. The van der Waals surface area contributed by atoms with E-state index in [1.165, 1.54) is 34.3 Å². The van der Waals surface area contributed by atoms with Crippen LogP contribution in [0.3, 0.4) is 0 Å². The minimum Gasteiger partial charge on any atom is -0.433 e. The van der Waals surface area contributed by atoms with Crippen LogP contribution in [-0.4, -0.2) is 73.8 Å². The minimum absolute atomic E-state index is 0.691. The van der Waals surface area contributed by atoms with Crippen molar-refractivity contribution in [2.24, 2.45) is 0 Å². The molecule has 0 heterocycles. The Kier molecular flexibility index (Phi) is 7.63. The Morgan fingerprint density at radius 2 is 1.62 bits per heavy atom. The standard InChI is InChI=1S/C12H23N2O6P/c1-7-8-19-21(6,18)20-10(12(17)14(4)5)9(15)11(16)13(2)3/h7-10,15H,1-6H3/b8-7-/t9-,10-,21?/m1/s1. The number of rotatable bonds is 7. The molecule has 0 aromatic heterocycles. The molecule has 0 aliphatic carbocycles. The maximum absolute atomic E-state index is 12.1. The first-order valence-electron chi connectivity index (χ1n) is 6.19. The van der Waals surface area contributed by atoms with Crippen molar-refractivity contribution >= 4 is 19.4 Å². The Labute approximate surface area is 124 Å². The Hall–Kier alpha value is -1.37. The summed E-state index contributed by atoms with van der Waals surface area (Å²) in [6.07, 6.45) is -0.754. The summed E-state index contributed by atoms with van der Waals surface area (Å²) in [5.41, 5.74) is 0. The van der Waals surface area contributed by atoms with Gasteiger partial charge in [-0.15, -0.1) is 0 Å². The van der Waals surface area contributed by atoms with Crippen LogP contribution in [0.5, 0.6) is 0 Å². The number of carbonyl (C=O) groups excluding carboxylic acids is 2. The lowest BCUT2D eigenvalue weighted by atomic mass is 10.1. The molecule has 0 aromatic carbocycles. The quantitative estimate of drug-likeness (QED) is 0.534. The normalized spacial score (nSPS) is 16.9. The lowest BCUT2D eigenvalue weighted by Gasteiger charge is -2.27. The van der Waals surface area contributed by atoms with Crippen LogP contribution < -0.4 is 0 Å². The first kappa shape index (κ1) is 19.6. The lowest BCUT2D eigenvalue weighted by Crippen LogP contribution is -2.49. The number of aliphatic hydroxyl groups is 1. The van der Waals surface area contributed by atoms with Gasteiger partial charge in [0.15, 0.2) is 12.2 Å². The van der Waals surface area contributed by atoms with E-state index < -0.39 is 31.6 Å². The second-order valence-electron chi connectivity index (χ2n) is 4.78. The van der Waals surface area contributed by atoms with Gasteiger partial charge in [-0.3, -0.25) is 14.1 Å². The fourth-order valence-corrected chi connectivity index (χ4v) is 2.30. The molecule has 0 fully saturated rings. The fraction of sp³-hybridized carbons (Fsp3) is 0.667. The van der Waals surface area contributed by atoms with E-state index in [1.807, 2.05) is 0 Å². The van der Waals surface area contributed by atoms with Gasteiger partial charge in [0.2, 0.25) is 0 Å². The Balaban J connectivity index is 5.30. The van der Waals surface area contributed by atoms with Gasteiger partial charge >= 0.3 is 7.60 Å². The van der Waals surface area contributed by atoms with Crippen LogP contribution in [-0.2, 0) is 23.2 Å². The van der Waals surface area contributed by atoms with E-state index in [4.69, 9.17) is 9.05 Å². The van der Waals surface area contributed by atoms with E-state index in [1.54, 1.807) is 6.92 Å². The zero-order valence-corrected chi connectivity index (χ0v) is 14.0. The van der Waals surface area contributed by atoms with Gasteiger partial charge in [-0.05, 0) is 6.92 Å². The molecule has 0 bridgehead atoms. The molecule has 9 heteroatoms. The Morgan fingerprint density at radius 3 is 2.00 bits per heavy atom. The van der Waals surface area contributed by atoms with E-state index in [2.05, 4.69) is 0 Å². The Morgan fingerprint density at radius 1 is 1.14 bits per heavy atom. The molecule has 0 radical (unpaired) electrons. The predicted molar refractivity (Wildman–Crippen MR) is 77.7 cm³/mol. The first-order valence-corrected chi connectivity index (χ1v) is 8.18. The van der Waals surface area contributed by atoms with Crippen molar-refractivity contribution in [1.82, 2.24) is 9.80 Å². The third-order valence-corrected chi connectivity index (χ3v) is 3.47. The van der Waals surface area contributed by atoms with Gasteiger partial charge in [-0.2, -0.15) is 0 Å². The van der Waals surface area contributed by atoms with Crippen molar-refractivity contribution in [1.29, 1.82) is 0 Å². The highest BCUT2D eigenvalue weighted by Crippen LogP contribution is 2.46. The molecule has 2 amide bonds. The summed E-state index contributed by atoms with van der Waals surface area (Å²) in [4.78, 5) is 26.1. The SMILES string of the molecule is C/C=C\OP(C)(=O)O[C@@H](C(=O)N(C)C)[C@@H](O)C(=O)N(C)C. The van der Waals surface area contributed by atoms with Crippen molar-refractivity contribution in [2.45, 2.75) is 19.1 Å². The van der Waals surface area contributed by atoms with Gasteiger partial charge in [0.1, 0.15) is 0 Å². The molecule has 0 spiro atoms. The highest BCUT2D eigenvalue weighted by molar-refractivity contribution is 7.53. The van der Waals surface area contributed by atoms with Crippen LogP contribution in [0.4, 0.5) is 0 Å². The van der Waals surface area contributed by atoms with Crippen molar-refractivity contribution in [3.63, 3.8) is 0 Å². The summed E-state index contributed by atoms with van der Waals surface area (Å²) < 4.78 is 22.1. The van der Waals surface area contributed by atoms with Gasteiger partial charge in [0.25, 0.3) is 11.8 Å². The van der Waals surface area contributed by atoms with Crippen molar-refractivity contribution < 1.29 is 28.3 Å². The highest BCUT2D eigenvalue weighted by atomic mass is 31.2. The number of carbonyl (C=O) groups is 2. The molecular formula is C12H23N2O6P. The summed E-state index contributed by atoms with van der Waals surface area (Å²) in [6.45, 7) is 2.79. The maximum atomic E-state index is 12.1. The van der Waals surface area contributed by atoms with Gasteiger partial charge in [-0.25, -0.2) is 4.57 Å². The predicted octanol–water partition coefficient (Wildman–Crippen LogP) is 0.282. The summed E-state index contributed by atoms with van der Waals surface area (Å²) in [5, 5.41) is 10.00. The van der Waals surface area contributed by atoms with E-state index in [9.17, 15) is 19.3 Å². The van der Waals surface area contributed by atoms with Crippen LogP contribution in [0.2, 0.25) is 0 Å². The molecule has 3 atom stereocenters. The summed E-state index contributed by atoms with van der Waals surface area (Å²) >= 11 is 0. The topological polar surface area (TPSA) is 96.4 Å². The molecule has 0 saturated carbocycles. The van der Waals surface area contributed by atoms with Crippen LogP contribution in [0.25, 0.3) is 0 Å². The van der Waals surface area contributed by atoms with E-state index >= 15 is 0 Å². The average molecular weight is 322 g/mol. The average Bonchev–Trinajstić information content (AvgIpc) is 2.40. The number of likely N-dealkylation sites (N-methyl/N-ethyl adjacent to an activating group) is 2. The van der Waals surface area contributed by atoms with Crippen molar-refractivity contribution in [3.05, 3.63) is 12.3 Å². The third kappa shape index (κ3) is 6.29. The van der Waals surface area contributed by atoms with E-state index in [0.29, 0.717) is 0 Å². The minimum atomic E-state index is -3.65. The number of allylic oxidation sites excluding steroid dienone is 1. The molecule has 21 heavy (non-hydrogen) atoms. The summed E-state index contributed by atoms with van der Waals surface area (Å²) in [7, 11) is 2.05. The maximum Gasteiger partial charge on any atom is 0.376 e. The monoisotopic (exact) mass is 322 g/mol. The zero-order valence-electron chi connectivity index (χ0n) is 13.1. The molecule has 0 aliphatic heterocycles. The molecule has 0 rings (SSSR count). The van der Waals surface area contributed by atoms with Gasteiger partial charge < -0.3 is 19.4 Å². The van der Waals surface area contributed by atoms with Crippen LogP contribution >= 0.6 is 7.60 Å². The second-order valence-corrected chi connectivity index (χ2v) is 6.75. The molecule has 0 saturated heterocycles. The third-order valence-electron chi connectivity index (χ3n) is 2.36. The summed E-state index contributed by atoms with van der Waals surface area (Å²) in [5.74, 6) is -1.43. The summed E-state index contributed by atoms with van der Waals surface area (Å²) in [6, 6.07) is 0. The highest BCUT2D eigenvalue weighted by Gasteiger charge is 2.39. The first-order chi connectivity index (χ1) is 9.53. The number of nitrogens with zero attached hydrogens (tertiary/aromatic N) is 2. The van der Waals surface area contributed by atoms with Gasteiger partial charge in [0.05, 0.1) is 6.26 Å².